The molecule has 0 amide bonds. The molecule has 0 aromatic heterocycles. The molecule has 0 spiro atoms. The Kier molecular flexibility index (Phi) is 5.24. The zero-order chi connectivity index (χ0) is 14.5. The lowest BCUT2D eigenvalue weighted by Crippen LogP contribution is -2.30. The minimum Gasteiger partial charge on any atom is -0.493 e. The average molecular weight is 281 g/mol. The molecule has 1 heterocycles. The third-order valence-electron chi connectivity index (χ3n) is 3.73. The van der Waals surface area contributed by atoms with Gasteiger partial charge in [-0.05, 0) is 37.4 Å². The predicted octanol–water partition coefficient (Wildman–Crippen LogP) is 3.24. The summed E-state index contributed by atoms with van der Waals surface area (Å²) in [6.07, 6.45) is 2.17. The van der Waals surface area contributed by atoms with Gasteiger partial charge in [0.15, 0.2) is 11.5 Å². The Balaban J connectivity index is 2.15. The zero-order valence-corrected chi connectivity index (χ0v) is 12.5. The van der Waals surface area contributed by atoms with Crippen LogP contribution in [-0.2, 0) is 0 Å². The highest BCUT2D eigenvalue weighted by Gasteiger charge is 2.28. The maximum atomic E-state index is 13.4. The van der Waals surface area contributed by atoms with Gasteiger partial charge in [-0.15, -0.1) is 0 Å². The molecule has 0 unspecified atom stereocenters. The van der Waals surface area contributed by atoms with Gasteiger partial charge < -0.3 is 14.8 Å². The van der Waals surface area contributed by atoms with E-state index in [-0.39, 0.29) is 11.9 Å². The van der Waals surface area contributed by atoms with Crippen molar-refractivity contribution in [2.75, 3.05) is 20.2 Å². The van der Waals surface area contributed by atoms with E-state index in [0.29, 0.717) is 23.3 Å². The lowest BCUT2D eigenvalue weighted by atomic mass is 9.93. The second-order valence-corrected chi connectivity index (χ2v) is 5.83. The SMILES string of the molecule is COc1ccc(F)cc1O[C@@H](CC(C)C)[C@H]1CCNC1. The lowest BCUT2D eigenvalue weighted by molar-refractivity contribution is 0.115. The number of methoxy groups -OCH3 is 1. The molecule has 3 nitrogen and oxygen atoms in total. The summed E-state index contributed by atoms with van der Waals surface area (Å²) < 4.78 is 24.8. The van der Waals surface area contributed by atoms with E-state index >= 15 is 0 Å². The first kappa shape index (κ1) is 15.1. The highest BCUT2D eigenvalue weighted by molar-refractivity contribution is 5.40. The molecule has 0 radical (unpaired) electrons. The second kappa shape index (κ2) is 6.93. The summed E-state index contributed by atoms with van der Waals surface area (Å²) in [6, 6.07) is 4.42. The molecule has 2 rings (SSSR count). The fraction of sp³-hybridized carbons (Fsp3) is 0.625. The van der Waals surface area contributed by atoms with Gasteiger partial charge in [0.05, 0.1) is 7.11 Å². The first-order chi connectivity index (χ1) is 9.60. The molecular formula is C16H24FNO2. The van der Waals surface area contributed by atoms with Gasteiger partial charge in [0.1, 0.15) is 11.9 Å². The molecule has 1 aromatic carbocycles. The van der Waals surface area contributed by atoms with Gasteiger partial charge in [-0.3, -0.25) is 0 Å². The Morgan fingerprint density at radius 1 is 1.35 bits per heavy atom. The van der Waals surface area contributed by atoms with Crippen LogP contribution < -0.4 is 14.8 Å². The summed E-state index contributed by atoms with van der Waals surface area (Å²) in [4.78, 5) is 0. The van der Waals surface area contributed by atoms with Crippen LogP contribution in [0.4, 0.5) is 4.39 Å². The largest absolute Gasteiger partial charge is 0.493 e. The molecule has 1 aromatic rings. The van der Waals surface area contributed by atoms with Gasteiger partial charge in [0.25, 0.3) is 0 Å². The number of ether oxygens (including phenoxy) is 2. The highest BCUT2D eigenvalue weighted by Crippen LogP contribution is 2.32. The number of hydrogen-bond acceptors (Lipinski definition) is 3. The van der Waals surface area contributed by atoms with Crippen LogP contribution in [0.15, 0.2) is 18.2 Å². The summed E-state index contributed by atoms with van der Waals surface area (Å²) in [5.41, 5.74) is 0. The molecular weight excluding hydrogens is 257 g/mol. The number of hydrogen-bond donors (Lipinski definition) is 1. The number of halogens is 1. The smallest absolute Gasteiger partial charge is 0.164 e. The predicted molar refractivity (Wildman–Crippen MR) is 77.8 cm³/mol. The fourth-order valence-electron chi connectivity index (χ4n) is 2.70. The van der Waals surface area contributed by atoms with Crippen LogP contribution in [0, 0.1) is 17.7 Å². The third-order valence-corrected chi connectivity index (χ3v) is 3.73. The highest BCUT2D eigenvalue weighted by atomic mass is 19.1. The van der Waals surface area contributed by atoms with Crippen molar-refractivity contribution in [1.29, 1.82) is 0 Å². The first-order valence-electron chi connectivity index (χ1n) is 7.31. The number of nitrogens with one attached hydrogen (secondary N) is 1. The Morgan fingerprint density at radius 3 is 2.75 bits per heavy atom. The van der Waals surface area contributed by atoms with Crippen LogP contribution >= 0.6 is 0 Å². The van der Waals surface area contributed by atoms with Crippen LogP contribution in [0.25, 0.3) is 0 Å². The van der Waals surface area contributed by atoms with Crippen LogP contribution in [-0.4, -0.2) is 26.3 Å². The summed E-state index contributed by atoms with van der Waals surface area (Å²) in [5, 5.41) is 3.37. The van der Waals surface area contributed by atoms with Gasteiger partial charge in [-0.2, -0.15) is 0 Å². The maximum Gasteiger partial charge on any atom is 0.164 e. The second-order valence-electron chi connectivity index (χ2n) is 5.83. The molecule has 4 heteroatoms. The summed E-state index contributed by atoms with van der Waals surface area (Å²) in [6.45, 7) is 6.36. The summed E-state index contributed by atoms with van der Waals surface area (Å²) >= 11 is 0. The van der Waals surface area contributed by atoms with Crippen molar-refractivity contribution in [1.82, 2.24) is 5.32 Å². The van der Waals surface area contributed by atoms with Gasteiger partial charge in [0.2, 0.25) is 0 Å². The van der Waals surface area contributed by atoms with E-state index in [1.807, 2.05) is 0 Å². The number of rotatable bonds is 6. The summed E-state index contributed by atoms with van der Waals surface area (Å²) in [5.74, 6) is 1.82. The molecule has 20 heavy (non-hydrogen) atoms. The van der Waals surface area contributed by atoms with E-state index in [4.69, 9.17) is 9.47 Å². The molecule has 1 N–H and O–H groups in total. The average Bonchev–Trinajstić information content (AvgIpc) is 2.91. The van der Waals surface area contributed by atoms with Crippen LogP contribution in [0.3, 0.4) is 0 Å². The van der Waals surface area contributed by atoms with Gasteiger partial charge >= 0.3 is 0 Å². The minimum absolute atomic E-state index is 0.0979. The molecule has 0 bridgehead atoms. The monoisotopic (exact) mass is 281 g/mol. The van der Waals surface area contributed by atoms with E-state index in [2.05, 4.69) is 19.2 Å². The topological polar surface area (TPSA) is 30.5 Å². The van der Waals surface area contributed by atoms with Crippen molar-refractivity contribution >= 4 is 0 Å². The van der Waals surface area contributed by atoms with Crippen LogP contribution in [0.1, 0.15) is 26.7 Å². The Hall–Kier alpha value is -1.29. The molecule has 1 saturated heterocycles. The van der Waals surface area contributed by atoms with Crippen molar-refractivity contribution in [3.63, 3.8) is 0 Å². The van der Waals surface area contributed by atoms with Crippen molar-refractivity contribution in [2.45, 2.75) is 32.8 Å². The van der Waals surface area contributed by atoms with Gasteiger partial charge in [-0.25, -0.2) is 4.39 Å². The van der Waals surface area contributed by atoms with Crippen molar-refractivity contribution in [3.8, 4) is 11.5 Å². The van der Waals surface area contributed by atoms with Crippen LogP contribution in [0.5, 0.6) is 11.5 Å². The van der Waals surface area contributed by atoms with Gasteiger partial charge in [-0.1, -0.05) is 13.8 Å². The van der Waals surface area contributed by atoms with E-state index in [1.165, 1.54) is 12.1 Å². The molecule has 1 fully saturated rings. The standard InChI is InChI=1S/C16H24FNO2/c1-11(2)8-15(12-6-7-18-10-12)20-16-9-13(17)4-5-14(16)19-3/h4-5,9,11-12,15,18H,6-8,10H2,1-3H3/t12-,15-/m0/s1. The molecule has 112 valence electrons. The van der Waals surface area contributed by atoms with Crippen molar-refractivity contribution in [2.24, 2.45) is 11.8 Å². The summed E-state index contributed by atoms with van der Waals surface area (Å²) in [7, 11) is 1.58. The Labute approximate surface area is 120 Å². The third kappa shape index (κ3) is 3.85. The van der Waals surface area contributed by atoms with E-state index < -0.39 is 0 Å². The normalized spacial score (nSPS) is 20.1. The number of benzene rings is 1. The maximum absolute atomic E-state index is 13.4. The Bertz CT molecular complexity index is 430. The zero-order valence-electron chi connectivity index (χ0n) is 12.5. The van der Waals surface area contributed by atoms with E-state index in [1.54, 1.807) is 13.2 Å². The van der Waals surface area contributed by atoms with E-state index in [9.17, 15) is 4.39 Å². The molecule has 0 saturated carbocycles. The first-order valence-corrected chi connectivity index (χ1v) is 7.31. The lowest BCUT2D eigenvalue weighted by Gasteiger charge is -2.26. The minimum atomic E-state index is -0.298. The van der Waals surface area contributed by atoms with E-state index in [0.717, 1.165) is 25.9 Å². The van der Waals surface area contributed by atoms with Crippen LogP contribution in [0.2, 0.25) is 0 Å². The molecule has 1 aliphatic heterocycles. The van der Waals surface area contributed by atoms with Gasteiger partial charge in [0, 0.05) is 18.5 Å². The molecule has 2 atom stereocenters. The molecule has 1 aliphatic rings. The molecule has 0 aliphatic carbocycles. The van der Waals surface area contributed by atoms with Crippen molar-refractivity contribution < 1.29 is 13.9 Å². The Morgan fingerprint density at radius 2 is 2.15 bits per heavy atom. The van der Waals surface area contributed by atoms with Crippen molar-refractivity contribution in [3.05, 3.63) is 24.0 Å². The fourth-order valence-corrected chi connectivity index (χ4v) is 2.70. The quantitative estimate of drug-likeness (QED) is 0.868.